The maximum atomic E-state index is 5.82. The van der Waals surface area contributed by atoms with Crippen molar-refractivity contribution in [2.75, 3.05) is 0 Å². The van der Waals surface area contributed by atoms with Crippen LogP contribution in [0.25, 0.3) is 5.57 Å². The zero-order chi connectivity index (χ0) is 11.0. The molecule has 0 aromatic heterocycles. The first-order valence-corrected chi connectivity index (χ1v) is 5.17. The molecule has 1 aliphatic heterocycles. The second-order valence-corrected chi connectivity index (χ2v) is 3.65. The Morgan fingerprint density at radius 2 is 1.31 bits per heavy atom. The van der Waals surface area contributed by atoms with E-state index in [1.807, 2.05) is 48.5 Å². The predicted octanol–water partition coefficient (Wildman–Crippen LogP) is 4.01. The second kappa shape index (κ2) is 3.41. The SMILES string of the molecule is C=C=C1c2ccccc2Oc2ccccc21. The van der Waals surface area contributed by atoms with Crippen LogP contribution >= 0.6 is 0 Å². The molecule has 16 heavy (non-hydrogen) atoms. The van der Waals surface area contributed by atoms with Gasteiger partial charge in [0.15, 0.2) is 0 Å². The van der Waals surface area contributed by atoms with Crippen molar-refractivity contribution in [3.05, 3.63) is 72.0 Å². The van der Waals surface area contributed by atoms with Crippen LogP contribution in [0, 0.1) is 0 Å². The van der Waals surface area contributed by atoms with E-state index in [1.54, 1.807) is 0 Å². The highest BCUT2D eigenvalue weighted by molar-refractivity contribution is 5.87. The quantitative estimate of drug-likeness (QED) is 0.505. The van der Waals surface area contributed by atoms with E-state index < -0.39 is 0 Å². The average molecular weight is 206 g/mol. The van der Waals surface area contributed by atoms with Crippen molar-refractivity contribution >= 4 is 5.57 Å². The van der Waals surface area contributed by atoms with E-state index in [4.69, 9.17) is 4.74 Å². The monoisotopic (exact) mass is 206 g/mol. The standard InChI is InChI=1S/C15H10O/c1-2-11-12-7-3-5-9-14(12)16-15-10-6-4-8-13(11)15/h3-10H,1H2. The van der Waals surface area contributed by atoms with Gasteiger partial charge in [0, 0.05) is 16.7 Å². The molecule has 76 valence electrons. The smallest absolute Gasteiger partial charge is 0.135 e. The summed E-state index contributed by atoms with van der Waals surface area (Å²) in [6.45, 7) is 3.76. The van der Waals surface area contributed by atoms with Gasteiger partial charge in [0.25, 0.3) is 0 Å². The van der Waals surface area contributed by atoms with E-state index in [1.165, 1.54) is 0 Å². The lowest BCUT2D eigenvalue weighted by atomic mass is 9.95. The molecule has 0 fully saturated rings. The second-order valence-electron chi connectivity index (χ2n) is 3.65. The molecule has 0 saturated carbocycles. The summed E-state index contributed by atoms with van der Waals surface area (Å²) in [7, 11) is 0. The maximum Gasteiger partial charge on any atom is 0.135 e. The van der Waals surface area contributed by atoms with Gasteiger partial charge in [0.05, 0.1) is 0 Å². The molecule has 0 N–H and O–H groups in total. The highest BCUT2D eigenvalue weighted by Gasteiger charge is 2.20. The summed E-state index contributed by atoms with van der Waals surface area (Å²) in [5, 5.41) is 0. The number of ether oxygens (including phenoxy) is 1. The Balaban J connectivity index is 2.32. The summed E-state index contributed by atoms with van der Waals surface area (Å²) in [6, 6.07) is 15.9. The largest absolute Gasteiger partial charge is 0.456 e. The molecule has 2 aromatic carbocycles. The Kier molecular flexibility index (Phi) is 1.92. The molecule has 1 nitrogen and oxygen atoms in total. The summed E-state index contributed by atoms with van der Waals surface area (Å²) in [5.74, 6) is 1.74. The Hall–Kier alpha value is -2.24. The number of benzene rings is 2. The molecule has 3 rings (SSSR count). The normalized spacial score (nSPS) is 12.1. The van der Waals surface area contributed by atoms with E-state index in [0.717, 1.165) is 28.2 Å². The molecule has 0 unspecified atom stereocenters. The zero-order valence-corrected chi connectivity index (χ0v) is 8.73. The Morgan fingerprint density at radius 1 is 0.812 bits per heavy atom. The van der Waals surface area contributed by atoms with Crippen molar-refractivity contribution in [3.8, 4) is 11.5 Å². The Bertz CT molecular complexity index is 557. The number of fused-ring (bicyclic) bond motifs is 2. The van der Waals surface area contributed by atoms with E-state index >= 15 is 0 Å². The van der Waals surface area contributed by atoms with Gasteiger partial charge in [0.2, 0.25) is 0 Å². The lowest BCUT2D eigenvalue weighted by molar-refractivity contribution is 0.474. The summed E-state index contributed by atoms with van der Waals surface area (Å²) in [6.07, 6.45) is 0. The minimum absolute atomic E-state index is 0.868. The number of para-hydroxylation sites is 2. The third kappa shape index (κ3) is 1.19. The van der Waals surface area contributed by atoms with Crippen LogP contribution in [0.4, 0.5) is 0 Å². The summed E-state index contributed by atoms with van der Waals surface area (Å²) in [5.41, 5.74) is 6.12. The van der Waals surface area contributed by atoms with Gasteiger partial charge in [-0.3, -0.25) is 0 Å². The summed E-state index contributed by atoms with van der Waals surface area (Å²) in [4.78, 5) is 0. The minimum atomic E-state index is 0.868. The van der Waals surface area contributed by atoms with Crippen LogP contribution in [0.15, 0.2) is 60.8 Å². The molecule has 1 heterocycles. The molecule has 0 atom stereocenters. The van der Waals surface area contributed by atoms with Crippen LogP contribution < -0.4 is 4.74 Å². The highest BCUT2D eigenvalue weighted by atomic mass is 16.5. The predicted molar refractivity (Wildman–Crippen MR) is 64.6 cm³/mol. The third-order valence-electron chi connectivity index (χ3n) is 2.71. The molecule has 0 bridgehead atoms. The molecule has 2 aromatic rings. The fraction of sp³-hybridized carbons (Fsp3) is 0. The molecular formula is C15H10O. The first-order valence-electron chi connectivity index (χ1n) is 5.17. The van der Waals surface area contributed by atoms with Crippen molar-refractivity contribution in [2.24, 2.45) is 0 Å². The van der Waals surface area contributed by atoms with Crippen LogP contribution in [0.1, 0.15) is 11.1 Å². The fourth-order valence-electron chi connectivity index (χ4n) is 1.98. The molecule has 0 radical (unpaired) electrons. The van der Waals surface area contributed by atoms with Crippen LogP contribution in [-0.4, -0.2) is 0 Å². The Morgan fingerprint density at radius 3 is 1.81 bits per heavy atom. The van der Waals surface area contributed by atoms with Gasteiger partial charge in [-0.2, -0.15) is 0 Å². The number of hydrogen-bond donors (Lipinski definition) is 0. The molecule has 1 aliphatic rings. The van der Waals surface area contributed by atoms with Crippen molar-refractivity contribution in [1.82, 2.24) is 0 Å². The topological polar surface area (TPSA) is 9.23 Å². The molecule has 0 amide bonds. The third-order valence-corrected chi connectivity index (χ3v) is 2.71. The van der Waals surface area contributed by atoms with Crippen molar-refractivity contribution in [1.29, 1.82) is 0 Å². The maximum absolute atomic E-state index is 5.82. The van der Waals surface area contributed by atoms with Crippen molar-refractivity contribution in [2.45, 2.75) is 0 Å². The summed E-state index contributed by atoms with van der Waals surface area (Å²) < 4.78 is 5.82. The lowest BCUT2D eigenvalue weighted by Crippen LogP contribution is -2.00. The van der Waals surface area contributed by atoms with Crippen molar-refractivity contribution in [3.63, 3.8) is 0 Å². The van der Waals surface area contributed by atoms with Crippen LogP contribution in [-0.2, 0) is 0 Å². The van der Waals surface area contributed by atoms with E-state index in [9.17, 15) is 0 Å². The van der Waals surface area contributed by atoms with E-state index in [0.29, 0.717) is 0 Å². The van der Waals surface area contributed by atoms with Gasteiger partial charge >= 0.3 is 0 Å². The van der Waals surface area contributed by atoms with Gasteiger partial charge in [-0.25, -0.2) is 0 Å². The molecular weight excluding hydrogens is 196 g/mol. The van der Waals surface area contributed by atoms with Gasteiger partial charge in [-0.05, 0) is 24.3 Å². The fourth-order valence-corrected chi connectivity index (χ4v) is 1.98. The Labute approximate surface area is 94.3 Å². The molecule has 1 heteroatoms. The highest BCUT2D eigenvalue weighted by Crippen LogP contribution is 2.42. The van der Waals surface area contributed by atoms with E-state index in [-0.39, 0.29) is 0 Å². The van der Waals surface area contributed by atoms with Gasteiger partial charge in [-0.15, -0.1) is 5.73 Å². The first kappa shape index (κ1) is 9.02. The van der Waals surface area contributed by atoms with Gasteiger partial charge in [-0.1, -0.05) is 30.8 Å². The van der Waals surface area contributed by atoms with E-state index in [2.05, 4.69) is 12.3 Å². The minimum Gasteiger partial charge on any atom is -0.456 e. The molecule has 0 aliphatic carbocycles. The molecule has 0 spiro atoms. The van der Waals surface area contributed by atoms with Gasteiger partial charge in [0.1, 0.15) is 11.5 Å². The van der Waals surface area contributed by atoms with Crippen LogP contribution in [0.3, 0.4) is 0 Å². The number of rotatable bonds is 0. The zero-order valence-electron chi connectivity index (χ0n) is 8.73. The lowest BCUT2D eigenvalue weighted by Gasteiger charge is -2.21. The average Bonchev–Trinajstić information content (AvgIpc) is 2.36. The molecule has 0 saturated heterocycles. The van der Waals surface area contributed by atoms with Crippen LogP contribution in [0.2, 0.25) is 0 Å². The van der Waals surface area contributed by atoms with Crippen LogP contribution in [0.5, 0.6) is 11.5 Å². The summed E-state index contributed by atoms with van der Waals surface area (Å²) >= 11 is 0. The van der Waals surface area contributed by atoms with Crippen molar-refractivity contribution < 1.29 is 4.74 Å². The van der Waals surface area contributed by atoms with Gasteiger partial charge < -0.3 is 4.74 Å². The first-order chi connectivity index (χ1) is 7.90. The number of hydrogen-bond acceptors (Lipinski definition) is 1.